The number of carbonyl (C=O) groups excluding carboxylic acids is 1. The summed E-state index contributed by atoms with van der Waals surface area (Å²) >= 11 is 0. The Morgan fingerprint density at radius 2 is 1.73 bits per heavy atom. The zero-order valence-electron chi connectivity index (χ0n) is 12.2. The number of hydrogen-bond donors (Lipinski definition) is 2. The molecule has 1 heterocycles. The van der Waals surface area contributed by atoms with E-state index in [-0.39, 0.29) is 30.3 Å². The van der Waals surface area contributed by atoms with E-state index in [2.05, 4.69) is 5.32 Å². The van der Waals surface area contributed by atoms with Crippen LogP contribution < -0.4 is 22.3 Å². The predicted molar refractivity (Wildman–Crippen MR) is 87.8 cm³/mol. The molecule has 0 aliphatic heterocycles. The van der Waals surface area contributed by atoms with Crippen LogP contribution in [-0.4, -0.2) is 21.5 Å². The minimum atomic E-state index is -0.685. The second-order valence-electron chi connectivity index (χ2n) is 4.61. The van der Waals surface area contributed by atoms with Crippen LogP contribution in [0.15, 0.2) is 39.9 Å². The number of nitrogens with one attached hydrogen (secondary N) is 1. The number of anilines is 2. The Labute approximate surface area is 132 Å². The smallest absolute Gasteiger partial charge is 0.332 e. The number of ketones is 1. The molecular formula is C14H17ClN4O3. The lowest BCUT2D eigenvalue weighted by molar-refractivity contribution is 0.100. The molecule has 0 aliphatic carbocycles. The Morgan fingerprint density at radius 1 is 1.14 bits per heavy atom. The molecule has 1 aromatic carbocycles. The maximum Gasteiger partial charge on any atom is 0.332 e. The van der Waals surface area contributed by atoms with Gasteiger partial charge in [-0.05, 0) is 12.1 Å². The van der Waals surface area contributed by atoms with Gasteiger partial charge in [0.2, 0.25) is 0 Å². The van der Waals surface area contributed by atoms with Gasteiger partial charge >= 0.3 is 5.69 Å². The van der Waals surface area contributed by atoms with Gasteiger partial charge in [0.05, 0.1) is 6.54 Å². The zero-order chi connectivity index (χ0) is 15.6. The molecule has 0 saturated heterocycles. The lowest BCUT2D eigenvalue weighted by atomic mass is 10.2. The van der Waals surface area contributed by atoms with Crippen LogP contribution in [0.25, 0.3) is 0 Å². The average Bonchev–Trinajstić information content (AvgIpc) is 2.50. The molecule has 0 spiro atoms. The van der Waals surface area contributed by atoms with Crippen molar-refractivity contribution in [3.05, 3.63) is 56.7 Å². The molecule has 3 N–H and O–H groups in total. The van der Waals surface area contributed by atoms with Crippen molar-refractivity contribution in [2.24, 2.45) is 14.1 Å². The first-order valence-corrected chi connectivity index (χ1v) is 6.31. The van der Waals surface area contributed by atoms with Crippen LogP contribution in [0.3, 0.4) is 0 Å². The van der Waals surface area contributed by atoms with Crippen molar-refractivity contribution in [3.63, 3.8) is 0 Å². The van der Waals surface area contributed by atoms with E-state index >= 15 is 0 Å². The molecule has 0 radical (unpaired) electrons. The van der Waals surface area contributed by atoms with E-state index < -0.39 is 17.0 Å². The van der Waals surface area contributed by atoms with Gasteiger partial charge in [-0.1, -0.05) is 18.2 Å². The van der Waals surface area contributed by atoms with Crippen molar-refractivity contribution in [2.75, 3.05) is 17.6 Å². The molecule has 1 aromatic heterocycles. The highest BCUT2D eigenvalue weighted by Crippen LogP contribution is 2.07. The minimum Gasteiger partial charge on any atom is -0.384 e. The SMILES string of the molecule is Cl.Cn1c(N)c(C(=O)CNc2ccccc2)c(=O)n(C)c1=O. The molecule has 0 saturated carbocycles. The summed E-state index contributed by atoms with van der Waals surface area (Å²) in [6.45, 7) is -0.0817. The fraction of sp³-hybridized carbons (Fsp3) is 0.214. The highest BCUT2D eigenvalue weighted by molar-refractivity contribution is 6.02. The molecule has 22 heavy (non-hydrogen) atoms. The Balaban J connectivity index is 0.00000242. The molecule has 2 aromatic rings. The number of para-hydroxylation sites is 1. The van der Waals surface area contributed by atoms with Gasteiger partial charge in [-0.25, -0.2) is 4.79 Å². The summed E-state index contributed by atoms with van der Waals surface area (Å²) in [6, 6.07) is 9.11. The largest absolute Gasteiger partial charge is 0.384 e. The first kappa shape index (κ1) is 17.5. The summed E-state index contributed by atoms with van der Waals surface area (Å²) in [7, 11) is 2.73. The van der Waals surface area contributed by atoms with Crippen LogP contribution in [0.4, 0.5) is 11.5 Å². The van der Waals surface area contributed by atoms with Crippen LogP contribution in [0, 0.1) is 0 Å². The molecule has 0 atom stereocenters. The van der Waals surface area contributed by atoms with Crippen molar-refractivity contribution in [2.45, 2.75) is 0 Å². The molecular weight excluding hydrogens is 308 g/mol. The summed E-state index contributed by atoms with van der Waals surface area (Å²) in [6.07, 6.45) is 0. The third-order valence-corrected chi connectivity index (χ3v) is 3.22. The number of nitrogens with zero attached hydrogens (tertiary/aromatic N) is 2. The molecule has 8 heteroatoms. The highest BCUT2D eigenvalue weighted by atomic mass is 35.5. The van der Waals surface area contributed by atoms with Gasteiger partial charge in [0, 0.05) is 19.8 Å². The third-order valence-electron chi connectivity index (χ3n) is 3.22. The highest BCUT2D eigenvalue weighted by Gasteiger charge is 2.19. The van der Waals surface area contributed by atoms with Gasteiger partial charge in [0.1, 0.15) is 11.4 Å². The molecule has 0 fully saturated rings. The lowest BCUT2D eigenvalue weighted by Crippen LogP contribution is -2.42. The van der Waals surface area contributed by atoms with Crippen molar-refractivity contribution in [1.82, 2.24) is 9.13 Å². The van der Waals surface area contributed by atoms with E-state index in [9.17, 15) is 14.4 Å². The van der Waals surface area contributed by atoms with E-state index in [1.807, 2.05) is 18.2 Å². The summed E-state index contributed by atoms with van der Waals surface area (Å²) in [5.74, 6) is -0.587. The van der Waals surface area contributed by atoms with Crippen LogP contribution in [0.5, 0.6) is 0 Å². The zero-order valence-corrected chi connectivity index (χ0v) is 13.0. The maximum atomic E-state index is 12.2. The number of halogens is 1. The molecule has 0 bridgehead atoms. The van der Waals surface area contributed by atoms with E-state index in [0.29, 0.717) is 0 Å². The monoisotopic (exact) mass is 324 g/mol. The van der Waals surface area contributed by atoms with Crippen LogP contribution >= 0.6 is 12.4 Å². The van der Waals surface area contributed by atoms with Gasteiger partial charge in [-0.3, -0.25) is 18.7 Å². The molecule has 2 rings (SSSR count). The molecule has 118 valence electrons. The fourth-order valence-corrected chi connectivity index (χ4v) is 1.95. The van der Waals surface area contributed by atoms with Crippen molar-refractivity contribution in [3.8, 4) is 0 Å². The summed E-state index contributed by atoms with van der Waals surface area (Å²) in [5, 5.41) is 2.91. The van der Waals surface area contributed by atoms with Crippen molar-refractivity contribution in [1.29, 1.82) is 0 Å². The number of rotatable bonds is 4. The first-order valence-electron chi connectivity index (χ1n) is 6.31. The average molecular weight is 325 g/mol. The number of benzene rings is 1. The fourth-order valence-electron chi connectivity index (χ4n) is 1.95. The van der Waals surface area contributed by atoms with Crippen LogP contribution in [0.1, 0.15) is 10.4 Å². The quantitative estimate of drug-likeness (QED) is 0.792. The summed E-state index contributed by atoms with van der Waals surface area (Å²) < 4.78 is 1.95. The maximum absolute atomic E-state index is 12.2. The van der Waals surface area contributed by atoms with Gasteiger partial charge in [-0.15, -0.1) is 12.4 Å². The van der Waals surface area contributed by atoms with Crippen LogP contribution in [-0.2, 0) is 14.1 Å². The molecule has 0 unspecified atom stereocenters. The molecule has 0 aliphatic rings. The number of hydrogen-bond acceptors (Lipinski definition) is 5. The van der Waals surface area contributed by atoms with Crippen LogP contribution in [0.2, 0.25) is 0 Å². The second kappa shape index (κ2) is 6.95. The Morgan fingerprint density at radius 3 is 2.32 bits per heavy atom. The number of aromatic nitrogens is 2. The van der Waals surface area contributed by atoms with E-state index in [0.717, 1.165) is 14.8 Å². The molecule has 7 nitrogen and oxygen atoms in total. The van der Waals surface area contributed by atoms with Crippen molar-refractivity contribution < 1.29 is 4.79 Å². The third kappa shape index (κ3) is 3.20. The topological polar surface area (TPSA) is 99.1 Å². The minimum absolute atomic E-state index is 0. The normalized spacial score (nSPS) is 9.91. The van der Waals surface area contributed by atoms with Crippen molar-refractivity contribution >= 4 is 29.7 Å². The van der Waals surface area contributed by atoms with E-state index in [1.165, 1.54) is 14.1 Å². The van der Waals surface area contributed by atoms with Gasteiger partial charge in [0.25, 0.3) is 5.56 Å². The van der Waals surface area contributed by atoms with Gasteiger partial charge in [-0.2, -0.15) is 0 Å². The summed E-state index contributed by atoms with van der Waals surface area (Å²) in [5.41, 5.74) is 5.05. The number of nitrogen functional groups attached to an aromatic ring is 1. The number of carbonyl (C=O) groups is 1. The Kier molecular flexibility index (Phi) is 5.53. The van der Waals surface area contributed by atoms with E-state index in [1.54, 1.807) is 12.1 Å². The Hall–Kier alpha value is -2.54. The number of nitrogens with two attached hydrogens (primary N) is 1. The number of Topliss-reactive ketones (excluding diaryl/α,β-unsaturated/α-hetero) is 1. The van der Waals surface area contributed by atoms with E-state index in [4.69, 9.17) is 5.73 Å². The second-order valence-corrected chi connectivity index (χ2v) is 4.61. The first-order chi connectivity index (χ1) is 9.93. The Bertz CT molecular complexity index is 796. The summed E-state index contributed by atoms with van der Waals surface area (Å²) in [4.78, 5) is 35.9. The van der Waals surface area contributed by atoms with Gasteiger partial charge < -0.3 is 11.1 Å². The lowest BCUT2D eigenvalue weighted by Gasteiger charge is -2.11. The molecule has 0 amide bonds. The predicted octanol–water partition coefficient (Wildman–Crippen LogP) is 0.383. The van der Waals surface area contributed by atoms with Gasteiger partial charge in [0.15, 0.2) is 5.78 Å². The standard InChI is InChI=1S/C14H16N4O3.ClH/c1-17-12(15)11(13(20)18(2)14(17)21)10(19)8-16-9-6-4-3-5-7-9;/h3-7,16H,8,15H2,1-2H3;1H.